The van der Waals surface area contributed by atoms with Gasteiger partial charge in [-0.3, -0.25) is 9.80 Å². The van der Waals surface area contributed by atoms with Crippen molar-refractivity contribution in [2.24, 2.45) is 0 Å². The van der Waals surface area contributed by atoms with Gasteiger partial charge in [0.2, 0.25) is 0 Å². The summed E-state index contributed by atoms with van der Waals surface area (Å²) >= 11 is 0. The lowest BCUT2D eigenvalue weighted by atomic mass is 10.2. The normalized spacial score (nSPS) is 16.7. The molecular weight excluding hydrogens is 324 g/mol. The summed E-state index contributed by atoms with van der Waals surface area (Å²) < 4.78 is 4.40. The molecule has 138 valence electrons. The van der Waals surface area contributed by atoms with Gasteiger partial charge in [0, 0.05) is 76.5 Å². The molecular formula is C20H28N6. The molecule has 0 aliphatic carbocycles. The molecule has 1 aliphatic rings. The highest BCUT2D eigenvalue weighted by Crippen LogP contribution is 2.13. The molecule has 0 spiro atoms. The van der Waals surface area contributed by atoms with Crippen molar-refractivity contribution in [2.45, 2.75) is 32.9 Å². The molecule has 0 atom stereocenters. The van der Waals surface area contributed by atoms with Gasteiger partial charge >= 0.3 is 0 Å². The molecule has 0 saturated carbocycles. The molecule has 3 aromatic rings. The third kappa shape index (κ3) is 3.81. The lowest BCUT2D eigenvalue weighted by Crippen LogP contribution is -2.46. The Balaban J connectivity index is 1.26. The molecule has 4 heterocycles. The van der Waals surface area contributed by atoms with Gasteiger partial charge in [-0.25, -0.2) is 9.97 Å². The molecule has 0 amide bonds. The van der Waals surface area contributed by atoms with E-state index in [2.05, 4.69) is 62.3 Å². The molecule has 4 rings (SSSR count). The maximum atomic E-state index is 4.72. The number of pyridine rings is 1. The number of aromatic nitrogens is 4. The van der Waals surface area contributed by atoms with Crippen LogP contribution in [0, 0.1) is 0 Å². The zero-order valence-corrected chi connectivity index (χ0v) is 15.8. The quantitative estimate of drug-likeness (QED) is 0.683. The predicted molar refractivity (Wildman–Crippen MR) is 103 cm³/mol. The van der Waals surface area contributed by atoms with Gasteiger partial charge in [0.15, 0.2) is 0 Å². The van der Waals surface area contributed by atoms with Crippen molar-refractivity contribution in [3.8, 4) is 0 Å². The van der Waals surface area contributed by atoms with Crippen molar-refractivity contribution in [3.63, 3.8) is 0 Å². The fourth-order valence-electron chi connectivity index (χ4n) is 3.72. The standard InChI is InChI=1S/C20H28N6/c1-17(2)20-21-6-8-25(20)14-13-23-9-11-24(12-10-23)15-18-16-26-7-4-3-5-19(26)22-18/h3-8,16-17H,9-15H2,1-2H3. The van der Waals surface area contributed by atoms with Crippen LogP contribution in [0.4, 0.5) is 0 Å². The van der Waals surface area contributed by atoms with E-state index < -0.39 is 0 Å². The summed E-state index contributed by atoms with van der Waals surface area (Å²) in [6.45, 7) is 11.9. The van der Waals surface area contributed by atoms with Crippen LogP contribution in [-0.2, 0) is 13.1 Å². The first-order chi connectivity index (χ1) is 12.7. The smallest absolute Gasteiger partial charge is 0.137 e. The summed E-state index contributed by atoms with van der Waals surface area (Å²) in [5.41, 5.74) is 2.19. The Morgan fingerprint density at radius 3 is 2.58 bits per heavy atom. The van der Waals surface area contributed by atoms with E-state index in [-0.39, 0.29) is 0 Å². The van der Waals surface area contributed by atoms with Crippen molar-refractivity contribution in [1.29, 1.82) is 0 Å². The Hall–Kier alpha value is -2.18. The van der Waals surface area contributed by atoms with Crippen molar-refractivity contribution in [1.82, 2.24) is 28.7 Å². The van der Waals surface area contributed by atoms with Gasteiger partial charge in [-0.2, -0.15) is 0 Å². The van der Waals surface area contributed by atoms with Crippen molar-refractivity contribution in [2.75, 3.05) is 32.7 Å². The minimum absolute atomic E-state index is 0.479. The van der Waals surface area contributed by atoms with Gasteiger partial charge < -0.3 is 8.97 Å². The van der Waals surface area contributed by atoms with Gasteiger partial charge in [0.05, 0.1) is 5.69 Å². The molecule has 0 N–H and O–H groups in total. The van der Waals surface area contributed by atoms with Crippen LogP contribution in [-0.4, -0.2) is 61.5 Å². The average Bonchev–Trinajstić information content (AvgIpc) is 3.27. The molecule has 1 saturated heterocycles. The van der Waals surface area contributed by atoms with E-state index >= 15 is 0 Å². The lowest BCUT2D eigenvalue weighted by Gasteiger charge is -2.34. The van der Waals surface area contributed by atoms with E-state index in [1.165, 1.54) is 5.82 Å². The highest BCUT2D eigenvalue weighted by molar-refractivity contribution is 5.39. The molecule has 0 bridgehead atoms. The molecule has 0 aromatic carbocycles. The SMILES string of the molecule is CC(C)c1nccn1CCN1CCN(Cc2cn3ccccc3n2)CC1. The number of fused-ring (bicyclic) bond motifs is 1. The second kappa shape index (κ2) is 7.60. The van der Waals surface area contributed by atoms with Crippen LogP contribution in [0.25, 0.3) is 5.65 Å². The van der Waals surface area contributed by atoms with Crippen LogP contribution in [0.5, 0.6) is 0 Å². The van der Waals surface area contributed by atoms with E-state index in [9.17, 15) is 0 Å². The lowest BCUT2D eigenvalue weighted by molar-refractivity contribution is 0.123. The van der Waals surface area contributed by atoms with E-state index in [0.29, 0.717) is 5.92 Å². The molecule has 0 unspecified atom stereocenters. The van der Waals surface area contributed by atoms with Crippen LogP contribution in [0.3, 0.4) is 0 Å². The first-order valence-corrected chi connectivity index (χ1v) is 9.57. The van der Waals surface area contributed by atoms with Crippen molar-refractivity contribution >= 4 is 5.65 Å². The number of rotatable bonds is 6. The fourth-order valence-corrected chi connectivity index (χ4v) is 3.72. The summed E-state index contributed by atoms with van der Waals surface area (Å²) in [6.07, 6.45) is 8.23. The Morgan fingerprint density at radius 2 is 1.81 bits per heavy atom. The average molecular weight is 352 g/mol. The van der Waals surface area contributed by atoms with Gasteiger partial charge in [-0.1, -0.05) is 19.9 Å². The maximum Gasteiger partial charge on any atom is 0.137 e. The minimum atomic E-state index is 0.479. The summed E-state index contributed by atoms with van der Waals surface area (Å²) in [5, 5.41) is 0. The second-order valence-corrected chi connectivity index (χ2v) is 7.45. The van der Waals surface area contributed by atoms with Crippen LogP contribution >= 0.6 is 0 Å². The van der Waals surface area contributed by atoms with E-state index in [4.69, 9.17) is 4.98 Å². The Morgan fingerprint density at radius 1 is 1.00 bits per heavy atom. The Kier molecular flexibility index (Phi) is 5.04. The largest absolute Gasteiger partial charge is 0.333 e. The number of hydrogen-bond donors (Lipinski definition) is 0. The van der Waals surface area contributed by atoms with Gasteiger partial charge in [-0.05, 0) is 12.1 Å². The highest BCUT2D eigenvalue weighted by Gasteiger charge is 2.18. The summed E-state index contributed by atoms with van der Waals surface area (Å²) in [6, 6.07) is 6.14. The van der Waals surface area contributed by atoms with Crippen LogP contribution < -0.4 is 0 Å². The fraction of sp³-hybridized carbons (Fsp3) is 0.500. The van der Waals surface area contributed by atoms with Crippen LogP contribution in [0.2, 0.25) is 0 Å². The van der Waals surface area contributed by atoms with Crippen molar-refractivity contribution < 1.29 is 0 Å². The third-order valence-electron chi connectivity index (χ3n) is 5.19. The zero-order chi connectivity index (χ0) is 17.9. The number of imidazole rings is 2. The number of piperazine rings is 1. The summed E-state index contributed by atoms with van der Waals surface area (Å²) in [5.74, 6) is 1.67. The molecule has 6 nitrogen and oxygen atoms in total. The highest BCUT2D eigenvalue weighted by atomic mass is 15.3. The first-order valence-electron chi connectivity index (χ1n) is 9.57. The second-order valence-electron chi connectivity index (χ2n) is 7.45. The topological polar surface area (TPSA) is 41.6 Å². The number of hydrogen-bond acceptors (Lipinski definition) is 4. The molecule has 0 radical (unpaired) electrons. The number of nitrogens with zero attached hydrogens (tertiary/aromatic N) is 6. The minimum Gasteiger partial charge on any atom is -0.333 e. The van der Waals surface area contributed by atoms with E-state index in [1.54, 1.807) is 0 Å². The zero-order valence-electron chi connectivity index (χ0n) is 15.8. The molecule has 1 aliphatic heterocycles. The van der Waals surface area contributed by atoms with Crippen molar-refractivity contribution in [3.05, 3.63) is 54.5 Å². The summed E-state index contributed by atoms with van der Waals surface area (Å²) in [7, 11) is 0. The van der Waals surface area contributed by atoms with Crippen LogP contribution in [0.15, 0.2) is 43.0 Å². The molecule has 3 aromatic heterocycles. The monoisotopic (exact) mass is 352 g/mol. The van der Waals surface area contributed by atoms with E-state index in [0.717, 1.165) is 57.2 Å². The maximum absolute atomic E-state index is 4.72. The first kappa shape index (κ1) is 17.2. The Bertz CT molecular complexity index is 808. The van der Waals surface area contributed by atoms with E-state index in [1.807, 2.05) is 18.3 Å². The molecule has 6 heteroatoms. The molecule has 26 heavy (non-hydrogen) atoms. The van der Waals surface area contributed by atoms with Crippen LogP contribution in [0.1, 0.15) is 31.3 Å². The summed E-state index contributed by atoms with van der Waals surface area (Å²) in [4.78, 5) is 14.3. The van der Waals surface area contributed by atoms with Gasteiger partial charge in [0.25, 0.3) is 0 Å². The van der Waals surface area contributed by atoms with Gasteiger partial charge in [0.1, 0.15) is 11.5 Å². The predicted octanol–water partition coefficient (Wildman–Crippen LogP) is 2.47. The van der Waals surface area contributed by atoms with Gasteiger partial charge in [-0.15, -0.1) is 0 Å². The molecule has 1 fully saturated rings. The third-order valence-corrected chi connectivity index (χ3v) is 5.19. The Labute approximate surface area is 155 Å².